The SMILES string of the molecule is CCOC(=O)C1=C(C)N=c2s/c(=C/c3ccc(OCC(=O)Nc4ccccc4C)c(OC)c3)c(=O)n2[C@H]1c1ccccc1Cl. The predicted molar refractivity (Wildman–Crippen MR) is 170 cm³/mol. The molecule has 1 aliphatic rings. The summed E-state index contributed by atoms with van der Waals surface area (Å²) in [6.07, 6.45) is 1.72. The number of benzene rings is 3. The quantitative estimate of drug-likeness (QED) is 0.266. The molecule has 0 spiro atoms. The summed E-state index contributed by atoms with van der Waals surface area (Å²) in [5.41, 5.74) is 3.29. The minimum absolute atomic E-state index is 0.175. The summed E-state index contributed by atoms with van der Waals surface area (Å²) in [5, 5.41) is 3.25. The van der Waals surface area contributed by atoms with Gasteiger partial charge in [0.15, 0.2) is 22.9 Å². The molecule has 1 aliphatic heterocycles. The predicted octanol–water partition coefficient (Wildman–Crippen LogP) is 4.79. The molecule has 5 rings (SSSR count). The van der Waals surface area contributed by atoms with E-state index in [4.69, 9.17) is 25.8 Å². The number of allylic oxidation sites excluding steroid dienone is 1. The van der Waals surface area contributed by atoms with Gasteiger partial charge in [-0.2, -0.15) is 0 Å². The van der Waals surface area contributed by atoms with Crippen LogP contribution >= 0.6 is 22.9 Å². The Balaban J connectivity index is 1.47. The summed E-state index contributed by atoms with van der Waals surface area (Å²) in [7, 11) is 1.50. The van der Waals surface area contributed by atoms with Gasteiger partial charge in [0.1, 0.15) is 6.04 Å². The number of carbonyl (C=O) groups excluding carboxylic acids is 2. The number of halogens is 1. The number of carbonyl (C=O) groups is 2. The molecular formula is C33H30ClN3O6S. The molecule has 226 valence electrons. The van der Waals surface area contributed by atoms with Gasteiger partial charge in [0.2, 0.25) is 0 Å². The van der Waals surface area contributed by atoms with E-state index in [1.165, 1.54) is 23.0 Å². The van der Waals surface area contributed by atoms with Gasteiger partial charge in [-0.15, -0.1) is 0 Å². The molecule has 0 aliphatic carbocycles. The maximum absolute atomic E-state index is 13.9. The number of nitrogens with one attached hydrogen (secondary N) is 1. The molecule has 0 unspecified atom stereocenters. The normalized spacial score (nSPS) is 14.5. The van der Waals surface area contributed by atoms with Crippen LogP contribution in [-0.2, 0) is 14.3 Å². The minimum Gasteiger partial charge on any atom is -0.493 e. The fourth-order valence-electron chi connectivity index (χ4n) is 4.87. The summed E-state index contributed by atoms with van der Waals surface area (Å²) in [6, 6.07) is 18.9. The lowest BCUT2D eigenvalue weighted by atomic mass is 9.96. The van der Waals surface area contributed by atoms with Crippen molar-refractivity contribution in [2.45, 2.75) is 26.8 Å². The summed E-state index contributed by atoms with van der Waals surface area (Å²) in [5.74, 6) is -0.0953. The molecule has 1 amide bonds. The lowest BCUT2D eigenvalue weighted by molar-refractivity contribution is -0.139. The Hall–Kier alpha value is -4.67. The van der Waals surface area contributed by atoms with Crippen molar-refractivity contribution in [3.63, 3.8) is 0 Å². The second-order valence-corrected chi connectivity index (χ2v) is 11.3. The molecule has 0 fully saturated rings. The van der Waals surface area contributed by atoms with Crippen LogP contribution in [-0.4, -0.2) is 36.8 Å². The van der Waals surface area contributed by atoms with Crippen molar-refractivity contribution in [3.8, 4) is 11.5 Å². The zero-order valence-electron chi connectivity index (χ0n) is 24.5. The highest BCUT2D eigenvalue weighted by atomic mass is 35.5. The Morgan fingerprint density at radius 3 is 2.55 bits per heavy atom. The second kappa shape index (κ2) is 13.3. The fraction of sp³-hybridized carbons (Fsp3) is 0.212. The number of fused-ring (bicyclic) bond motifs is 1. The van der Waals surface area contributed by atoms with Gasteiger partial charge in [0.05, 0.1) is 29.5 Å². The molecule has 0 saturated heterocycles. The number of anilines is 1. The number of hydrogen-bond acceptors (Lipinski definition) is 8. The van der Waals surface area contributed by atoms with Crippen LogP contribution in [0.4, 0.5) is 5.69 Å². The van der Waals surface area contributed by atoms with E-state index in [1.54, 1.807) is 62.4 Å². The zero-order chi connectivity index (χ0) is 31.4. The molecule has 44 heavy (non-hydrogen) atoms. The van der Waals surface area contributed by atoms with Crippen LogP contribution in [0.1, 0.15) is 36.6 Å². The first-order chi connectivity index (χ1) is 21.2. The van der Waals surface area contributed by atoms with Crippen LogP contribution in [0.5, 0.6) is 11.5 Å². The van der Waals surface area contributed by atoms with Gasteiger partial charge in [-0.25, -0.2) is 9.79 Å². The average Bonchev–Trinajstić information content (AvgIpc) is 3.31. The van der Waals surface area contributed by atoms with E-state index in [1.807, 2.05) is 31.2 Å². The molecule has 1 aromatic heterocycles. The molecule has 1 N–H and O–H groups in total. The third-order valence-electron chi connectivity index (χ3n) is 6.98. The highest BCUT2D eigenvalue weighted by molar-refractivity contribution is 7.07. The zero-order valence-corrected chi connectivity index (χ0v) is 26.1. The standard InChI is InChI=1S/C33H30ClN3O6S/c1-5-42-32(40)29-20(3)35-33-37(30(29)22-11-7-8-12-23(22)34)31(39)27(44-33)17-21-14-15-25(26(16-21)41-4)43-18-28(38)36-24-13-9-6-10-19(24)2/h6-17,30H,5,18H2,1-4H3,(H,36,38)/b27-17+/t30-/m0/s1. The van der Waals surface area contributed by atoms with E-state index in [2.05, 4.69) is 10.3 Å². The Bertz CT molecular complexity index is 1960. The molecule has 3 aromatic carbocycles. The summed E-state index contributed by atoms with van der Waals surface area (Å²) < 4.78 is 18.5. The minimum atomic E-state index is -0.808. The highest BCUT2D eigenvalue weighted by Crippen LogP contribution is 2.34. The van der Waals surface area contributed by atoms with Gasteiger partial charge in [-0.1, -0.05) is 65.4 Å². The topological polar surface area (TPSA) is 108 Å². The first-order valence-corrected chi connectivity index (χ1v) is 15.0. The van der Waals surface area contributed by atoms with Crippen molar-refractivity contribution >= 4 is 46.6 Å². The van der Waals surface area contributed by atoms with Crippen LogP contribution in [0.3, 0.4) is 0 Å². The fourth-order valence-corrected chi connectivity index (χ4v) is 6.16. The van der Waals surface area contributed by atoms with Gasteiger partial charge in [0.25, 0.3) is 11.5 Å². The van der Waals surface area contributed by atoms with Crippen LogP contribution in [0.2, 0.25) is 5.02 Å². The smallest absolute Gasteiger partial charge is 0.338 e. The largest absolute Gasteiger partial charge is 0.493 e. The third-order valence-corrected chi connectivity index (χ3v) is 8.31. The first-order valence-electron chi connectivity index (χ1n) is 13.8. The van der Waals surface area contributed by atoms with Crippen LogP contribution in [0, 0.1) is 6.92 Å². The Labute approximate surface area is 262 Å². The molecule has 2 heterocycles. The number of esters is 1. The number of amides is 1. The van der Waals surface area contributed by atoms with Gasteiger partial charge in [-0.05, 0) is 67.8 Å². The number of para-hydroxylation sites is 1. The summed E-state index contributed by atoms with van der Waals surface area (Å²) in [4.78, 5) is 44.5. The van der Waals surface area contributed by atoms with Gasteiger partial charge < -0.3 is 19.5 Å². The Kier molecular flexibility index (Phi) is 9.32. The van der Waals surface area contributed by atoms with Crippen LogP contribution in [0.25, 0.3) is 6.08 Å². The molecule has 9 nitrogen and oxygen atoms in total. The lowest BCUT2D eigenvalue weighted by Gasteiger charge is -2.25. The van der Waals surface area contributed by atoms with E-state index in [0.717, 1.165) is 5.56 Å². The molecule has 4 aromatic rings. The Morgan fingerprint density at radius 1 is 1.07 bits per heavy atom. The van der Waals surface area contributed by atoms with Crippen molar-refractivity contribution in [1.82, 2.24) is 4.57 Å². The highest BCUT2D eigenvalue weighted by Gasteiger charge is 2.34. The second-order valence-electron chi connectivity index (χ2n) is 9.89. The van der Waals surface area contributed by atoms with Gasteiger partial charge in [-0.3, -0.25) is 14.2 Å². The molecule has 11 heteroatoms. The van der Waals surface area contributed by atoms with Crippen LogP contribution in [0.15, 0.2) is 87.8 Å². The maximum Gasteiger partial charge on any atom is 0.338 e. The summed E-state index contributed by atoms with van der Waals surface area (Å²) in [6.45, 7) is 5.31. The third kappa shape index (κ3) is 6.31. The Morgan fingerprint density at radius 2 is 1.82 bits per heavy atom. The van der Waals surface area contributed by atoms with Crippen molar-refractivity contribution in [2.24, 2.45) is 4.99 Å². The first kappa shape index (κ1) is 30.8. The number of ether oxygens (including phenoxy) is 3. The van der Waals surface area contributed by atoms with Crippen molar-refractivity contribution in [2.75, 3.05) is 25.6 Å². The van der Waals surface area contributed by atoms with Crippen LogP contribution < -0.4 is 29.7 Å². The lowest BCUT2D eigenvalue weighted by Crippen LogP contribution is -2.40. The van der Waals surface area contributed by atoms with E-state index >= 15 is 0 Å². The summed E-state index contributed by atoms with van der Waals surface area (Å²) >= 11 is 7.77. The average molecular weight is 632 g/mol. The van der Waals surface area contributed by atoms with Crippen molar-refractivity contribution in [1.29, 1.82) is 0 Å². The molecule has 0 radical (unpaired) electrons. The number of aromatic nitrogens is 1. The number of thiazole rings is 1. The monoisotopic (exact) mass is 631 g/mol. The number of nitrogens with zero attached hydrogens (tertiary/aromatic N) is 2. The number of rotatable bonds is 9. The molecular weight excluding hydrogens is 602 g/mol. The maximum atomic E-state index is 13.9. The van der Waals surface area contributed by atoms with E-state index in [0.29, 0.717) is 48.4 Å². The number of hydrogen-bond donors (Lipinski definition) is 1. The van der Waals surface area contributed by atoms with E-state index in [-0.39, 0.29) is 30.3 Å². The van der Waals surface area contributed by atoms with Crippen molar-refractivity contribution < 1.29 is 23.8 Å². The van der Waals surface area contributed by atoms with E-state index in [9.17, 15) is 14.4 Å². The van der Waals surface area contributed by atoms with Gasteiger partial charge in [0, 0.05) is 10.7 Å². The van der Waals surface area contributed by atoms with E-state index < -0.39 is 12.0 Å². The number of methoxy groups -OCH3 is 1. The number of aryl methyl sites for hydroxylation is 1. The van der Waals surface area contributed by atoms with Crippen molar-refractivity contribution in [3.05, 3.63) is 119 Å². The molecule has 0 saturated carbocycles. The molecule has 0 bridgehead atoms. The molecule has 1 atom stereocenters. The van der Waals surface area contributed by atoms with Gasteiger partial charge >= 0.3 is 5.97 Å².